The lowest BCUT2D eigenvalue weighted by Gasteiger charge is -2.17. The minimum absolute atomic E-state index is 0.0855. The summed E-state index contributed by atoms with van der Waals surface area (Å²) >= 11 is 0. The second-order valence-electron chi connectivity index (χ2n) is 4.68. The first-order chi connectivity index (χ1) is 8.58. The second-order valence-corrected chi connectivity index (χ2v) is 4.68. The molecule has 0 saturated heterocycles. The van der Waals surface area contributed by atoms with Crippen molar-refractivity contribution in [1.82, 2.24) is 4.98 Å². The lowest BCUT2D eigenvalue weighted by Crippen LogP contribution is -2.26. The predicted octanol–water partition coefficient (Wildman–Crippen LogP) is 1.93. The summed E-state index contributed by atoms with van der Waals surface area (Å²) in [5, 5.41) is 20.9. The molecule has 1 unspecified atom stereocenters. The summed E-state index contributed by atoms with van der Waals surface area (Å²) in [6.07, 6.45) is 2.20. The Balaban J connectivity index is 2.13. The lowest BCUT2D eigenvalue weighted by molar-refractivity contribution is -0.137. The molecule has 1 saturated carbocycles. The van der Waals surface area contributed by atoms with Crippen LogP contribution in [0, 0.1) is 24.2 Å². The Hall–Kier alpha value is -2.09. The third-order valence-electron chi connectivity index (χ3n) is 3.00. The van der Waals surface area contributed by atoms with E-state index in [2.05, 4.69) is 16.4 Å². The molecule has 0 radical (unpaired) electrons. The molecule has 0 bridgehead atoms. The average Bonchev–Trinajstić information content (AvgIpc) is 3.10. The van der Waals surface area contributed by atoms with E-state index < -0.39 is 5.97 Å². The Kier molecular flexibility index (Phi) is 3.47. The molecule has 1 aliphatic carbocycles. The van der Waals surface area contributed by atoms with Crippen LogP contribution in [-0.4, -0.2) is 22.1 Å². The normalized spacial score (nSPS) is 15.8. The van der Waals surface area contributed by atoms with Crippen LogP contribution in [0.25, 0.3) is 0 Å². The summed E-state index contributed by atoms with van der Waals surface area (Å²) in [4.78, 5) is 15.1. The summed E-state index contributed by atoms with van der Waals surface area (Å²) in [5.41, 5.74) is 1.29. The quantitative estimate of drug-likeness (QED) is 0.827. The van der Waals surface area contributed by atoms with Crippen molar-refractivity contribution in [3.63, 3.8) is 0 Å². The molecule has 5 heteroatoms. The van der Waals surface area contributed by atoms with Crippen molar-refractivity contribution in [3.8, 4) is 6.07 Å². The van der Waals surface area contributed by atoms with E-state index >= 15 is 0 Å². The van der Waals surface area contributed by atoms with Crippen LogP contribution in [0.4, 0.5) is 5.82 Å². The number of nitrogens with zero attached hydrogens (tertiary/aromatic N) is 2. The molecule has 1 atom stereocenters. The van der Waals surface area contributed by atoms with Gasteiger partial charge in [0.2, 0.25) is 0 Å². The van der Waals surface area contributed by atoms with Crippen LogP contribution in [0.3, 0.4) is 0 Å². The van der Waals surface area contributed by atoms with E-state index in [-0.39, 0.29) is 12.5 Å². The molecule has 0 aliphatic heterocycles. The van der Waals surface area contributed by atoms with Gasteiger partial charge in [0.05, 0.1) is 18.1 Å². The van der Waals surface area contributed by atoms with E-state index in [4.69, 9.17) is 10.4 Å². The maximum absolute atomic E-state index is 10.8. The Bertz CT molecular complexity index is 503. The van der Waals surface area contributed by atoms with Crippen LogP contribution in [0.1, 0.15) is 30.5 Å². The van der Waals surface area contributed by atoms with Crippen LogP contribution in [0.5, 0.6) is 0 Å². The van der Waals surface area contributed by atoms with Crippen molar-refractivity contribution >= 4 is 11.8 Å². The number of rotatable bonds is 5. The number of carboxylic acids is 1. The minimum atomic E-state index is -0.812. The Morgan fingerprint density at radius 1 is 1.67 bits per heavy atom. The number of hydrogen-bond donors (Lipinski definition) is 2. The van der Waals surface area contributed by atoms with Crippen LogP contribution in [0.2, 0.25) is 0 Å². The Morgan fingerprint density at radius 2 is 2.39 bits per heavy atom. The van der Waals surface area contributed by atoms with Gasteiger partial charge in [-0.05, 0) is 37.8 Å². The number of aryl methyl sites for hydroxylation is 1. The molecule has 0 aromatic carbocycles. The van der Waals surface area contributed by atoms with E-state index in [1.807, 2.05) is 6.92 Å². The molecule has 2 N–H and O–H groups in total. The zero-order chi connectivity index (χ0) is 13.1. The first-order valence-electron chi connectivity index (χ1n) is 5.95. The maximum atomic E-state index is 10.8. The summed E-state index contributed by atoms with van der Waals surface area (Å²) in [7, 11) is 0. The molecule has 2 rings (SSSR count). The molecule has 1 heterocycles. The zero-order valence-electron chi connectivity index (χ0n) is 10.2. The SMILES string of the molecule is Cc1cc(C#N)cc(NC(CC(=O)O)C2CC2)n1. The van der Waals surface area contributed by atoms with Gasteiger partial charge < -0.3 is 10.4 Å². The lowest BCUT2D eigenvalue weighted by atomic mass is 10.1. The van der Waals surface area contributed by atoms with Crippen molar-refractivity contribution in [2.75, 3.05) is 5.32 Å². The van der Waals surface area contributed by atoms with Crippen molar-refractivity contribution in [2.45, 2.75) is 32.2 Å². The van der Waals surface area contributed by atoms with Gasteiger partial charge in [-0.15, -0.1) is 0 Å². The van der Waals surface area contributed by atoms with Crippen LogP contribution in [0.15, 0.2) is 12.1 Å². The monoisotopic (exact) mass is 245 g/mol. The van der Waals surface area contributed by atoms with Gasteiger partial charge in [0, 0.05) is 11.7 Å². The molecular formula is C13H15N3O2. The number of carbonyl (C=O) groups is 1. The Labute approximate surface area is 105 Å². The number of nitrogens with one attached hydrogen (secondary N) is 1. The molecule has 94 valence electrons. The van der Waals surface area contributed by atoms with Gasteiger partial charge in [-0.1, -0.05) is 0 Å². The van der Waals surface area contributed by atoms with Gasteiger partial charge in [0.15, 0.2) is 0 Å². The highest BCUT2D eigenvalue weighted by molar-refractivity contribution is 5.68. The number of anilines is 1. The first-order valence-corrected chi connectivity index (χ1v) is 5.95. The maximum Gasteiger partial charge on any atom is 0.305 e. The summed E-state index contributed by atoms with van der Waals surface area (Å²) in [6, 6.07) is 5.34. The minimum Gasteiger partial charge on any atom is -0.481 e. The highest BCUT2D eigenvalue weighted by Crippen LogP contribution is 2.35. The van der Waals surface area contributed by atoms with Gasteiger partial charge >= 0.3 is 5.97 Å². The first kappa shape index (κ1) is 12.4. The topological polar surface area (TPSA) is 86.0 Å². The van der Waals surface area contributed by atoms with E-state index in [1.54, 1.807) is 12.1 Å². The summed E-state index contributed by atoms with van der Waals surface area (Å²) in [6.45, 7) is 1.81. The number of carboxylic acid groups (broad SMARTS) is 1. The smallest absolute Gasteiger partial charge is 0.305 e. The fourth-order valence-electron chi connectivity index (χ4n) is 2.02. The number of aromatic nitrogens is 1. The summed E-state index contributed by atoms with van der Waals surface area (Å²) < 4.78 is 0. The van der Waals surface area contributed by atoms with Crippen molar-refractivity contribution < 1.29 is 9.90 Å². The fraction of sp³-hybridized carbons (Fsp3) is 0.462. The second kappa shape index (κ2) is 5.05. The number of hydrogen-bond acceptors (Lipinski definition) is 4. The molecule has 0 amide bonds. The molecule has 0 spiro atoms. The van der Waals surface area contributed by atoms with Gasteiger partial charge in [-0.2, -0.15) is 5.26 Å². The van der Waals surface area contributed by atoms with E-state index in [0.29, 0.717) is 17.3 Å². The molecule has 1 aliphatic rings. The molecule has 5 nitrogen and oxygen atoms in total. The molecular weight excluding hydrogens is 230 g/mol. The zero-order valence-corrected chi connectivity index (χ0v) is 10.2. The largest absolute Gasteiger partial charge is 0.481 e. The van der Waals surface area contributed by atoms with Gasteiger partial charge in [0.25, 0.3) is 0 Å². The highest BCUT2D eigenvalue weighted by Gasteiger charge is 2.32. The van der Waals surface area contributed by atoms with E-state index in [0.717, 1.165) is 18.5 Å². The Morgan fingerprint density at radius 3 is 2.94 bits per heavy atom. The number of nitriles is 1. The van der Waals surface area contributed by atoms with E-state index in [9.17, 15) is 4.79 Å². The highest BCUT2D eigenvalue weighted by atomic mass is 16.4. The van der Waals surface area contributed by atoms with Crippen LogP contribution in [-0.2, 0) is 4.79 Å². The standard InChI is InChI=1S/C13H15N3O2/c1-8-4-9(7-14)5-12(15-8)16-11(6-13(17)18)10-2-3-10/h4-5,10-11H,2-3,6H2,1H3,(H,15,16)(H,17,18). The van der Waals surface area contributed by atoms with E-state index in [1.165, 1.54) is 0 Å². The van der Waals surface area contributed by atoms with Crippen LogP contribution < -0.4 is 5.32 Å². The number of pyridine rings is 1. The van der Waals surface area contributed by atoms with Crippen molar-refractivity contribution in [3.05, 3.63) is 23.4 Å². The van der Waals surface area contributed by atoms with Crippen molar-refractivity contribution in [1.29, 1.82) is 5.26 Å². The third kappa shape index (κ3) is 3.20. The number of aliphatic carboxylic acids is 1. The molecule has 18 heavy (non-hydrogen) atoms. The average molecular weight is 245 g/mol. The van der Waals surface area contributed by atoms with Gasteiger partial charge in [-0.25, -0.2) is 4.98 Å². The summed E-state index contributed by atoms with van der Waals surface area (Å²) in [5.74, 6) is 0.186. The fourth-order valence-corrected chi connectivity index (χ4v) is 2.02. The third-order valence-corrected chi connectivity index (χ3v) is 3.00. The predicted molar refractivity (Wildman–Crippen MR) is 66.1 cm³/mol. The molecule has 1 aromatic rings. The van der Waals surface area contributed by atoms with Crippen LogP contribution >= 0.6 is 0 Å². The molecule has 1 aromatic heterocycles. The van der Waals surface area contributed by atoms with Crippen molar-refractivity contribution in [2.24, 2.45) is 5.92 Å². The van der Waals surface area contributed by atoms with Gasteiger partial charge in [-0.3, -0.25) is 4.79 Å². The molecule has 1 fully saturated rings. The van der Waals surface area contributed by atoms with Gasteiger partial charge in [0.1, 0.15) is 5.82 Å².